The van der Waals surface area contributed by atoms with Gasteiger partial charge in [0.1, 0.15) is 0 Å². The summed E-state index contributed by atoms with van der Waals surface area (Å²) < 4.78 is 0. The van der Waals surface area contributed by atoms with Gasteiger partial charge < -0.3 is 21.3 Å². The first-order valence-electron chi connectivity index (χ1n) is 7.26. The summed E-state index contributed by atoms with van der Waals surface area (Å²) in [5.41, 5.74) is 5.68. The highest BCUT2D eigenvalue weighted by Gasteiger charge is 2.17. The largest absolute Gasteiger partial charge is 0.355 e. The zero-order valence-corrected chi connectivity index (χ0v) is 13.4. The Morgan fingerprint density at radius 2 is 1.75 bits per heavy atom. The molecule has 20 heavy (non-hydrogen) atoms. The standard InChI is InChI=1S/C14H30N4O2/c1-10(2)13(15)14(20)17-9-12(19)16-7-6-8-18(5)11(3)4/h10-11,13H,6-9,15H2,1-5H3,(H,16,19)(H,17,20)/t13-/m0/s1. The summed E-state index contributed by atoms with van der Waals surface area (Å²) >= 11 is 0. The third-order valence-electron chi connectivity index (χ3n) is 3.34. The van der Waals surface area contributed by atoms with E-state index in [9.17, 15) is 9.59 Å². The van der Waals surface area contributed by atoms with Crippen LogP contribution < -0.4 is 16.4 Å². The van der Waals surface area contributed by atoms with Gasteiger partial charge in [-0.25, -0.2) is 0 Å². The van der Waals surface area contributed by atoms with E-state index in [4.69, 9.17) is 5.73 Å². The number of rotatable bonds is 9. The molecule has 0 aromatic heterocycles. The maximum Gasteiger partial charge on any atom is 0.239 e. The van der Waals surface area contributed by atoms with Crippen molar-refractivity contribution in [1.82, 2.24) is 15.5 Å². The molecule has 0 saturated heterocycles. The molecule has 0 rings (SSSR count). The lowest BCUT2D eigenvalue weighted by Crippen LogP contribution is -2.47. The fraction of sp³-hybridized carbons (Fsp3) is 0.857. The Balaban J connectivity index is 3.72. The molecule has 0 aliphatic carbocycles. The molecule has 0 aliphatic rings. The minimum Gasteiger partial charge on any atom is -0.355 e. The lowest BCUT2D eigenvalue weighted by Gasteiger charge is -2.20. The monoisotopic (exact) mass is 286 g/mol. The fourth-order valence-corrected chi connectivity index (χ4v) is 1.46. The average molecular weight is 286 g/mol. The summed E-state index contributed by atoms with van der Waals surface area (Å²) in [7, 11) is 2.06. The zero-order valence-electron chi connectivity index (χ0n) is 13.4. The summed E-state index contributed by atoms with van der Waals surface area (Å²) in [5.74, 6) is -0.402. The molecule has 0 aliphatic heterocycles. The van der Waals surface area contributed by atoms with E-state index in [-0.39, 0.29) is 24.3 Å². The second-order valence-corrected chi connectivity index (χ2v) is 5.77. The lowest BCUT2D eigenvalue weighted by molar-refractivity contribution is -0.127. The molecule has 0 fully saturated rings. The summed E-state index contributed by atoms with van der Waals surface area (Å²) in [5, 5.41) is 5.32. The number of carbonyl (C=O) groups is 2. The van der Waals surface area contributed by atoms with E-state index >= 15 is 0 Å². The van der Waals surface area contributed by atoms with Gasteiger partial charge in [-0.1, -0.05) is 13.8 Å². The van der Waals surface area contributed by atoms with Crippen LogP contribution in [0.1, 0.15) is 34.1 Å². The molecule has 118 valence electrons. The number of nitrogens with one attached hydrogen (secondary N) is 2. The number of nitrogens with zero attached hydrogens (tertiary/aromatic N) is 1. The first-order valence-corrected chi connectivity index (χ1v) is 7.26. The second kappa shape index (κ2) is 9.72. The van der Waals surface area contributed by atoms with Gasteiger partial charge in [0, 0.05) is 12.6 Å². The summed E-state index contributed by atoms with van der Waals surface area (Å²) in [6.07, 6.45) is 0.889. The van der Waals surface area contributed by atoms with Gasteiger partial charge in [-0.05, 0) is 39.8 Å². The van der Waals surface area contributed by atoms with Crippen molar-refractivity contribution < 1.29 is 9.59 Å². The molecule has 0 aromatic carbocycles. The Hall–Kier alpha value is -1.14. The third kappa shape index (κ3) is 8.12. The average Bonchev–Trinajstić information content (AvgIpc) is 2.39. The molecule has 0 saturated carbocycles. The van der Waals surface area contributed by atoms with Gasteiger partial charge in [0.2, 0.25) is 11.8 Å². The molecule has 0 heterocycles. The minimum absolute atomic E-state index is 0.0146. The number of carbonyl (C=O) groups excluding carboxylic acids is 2. The molecule has 6 heteroatoms. The first-order chi connectivity index (χ1) is 9.25. The SMILES string of the molecule is CC(C)[C@H](N)C(=O)NCC(=O)NCCCN(C)C(C)C. The van der Waals surface area contributed by atoms with Crippen molar-refractivity contribution in [3.63, 3.8) is 0 Å². The van der Waals surface area contributed by atoms with Crippen LogP contribution >= 0.6 is 0 Å². The van der Waals surface area contributed by atoms with Crippen LogP contribution in [0.2, 0.25) is 0 Å². The van der Waals surface area contributed by atoms with Crippen LogP contribution in [-0.2, 0) is 9.59 Å². The van der Waals surface area contributed by atoms with E-state index in [1.165, 1.54) is 0 Å². The van der Waals surface area contributed by atoms with Crippen molar-refractivity contribution in [3.8, 4) is 0 Å². The van der Waals surface area contributed by atoms with Gasteiger partial charge in [-0.3, -0.25) is 9.59 Å². The van der Waals surface area contributed by atoms with Gasteiger partial charge in [-0.15, -0.1) is 0 Å². The maximum absolute atomic E-state index is 11.6. The third-order valence-corrected chi connectivity index (χ3v) is 3.34. The van der Waals surface area contributed by atoms with Crippen LogP contribution in [0.4, 0.5) is 0 Å². The van der Waals surface area contributed by atoms with Crippen molar-refractivity contribution in [2.45, 2.75) is 46.2 Å². The lowest BCUT2D eigenvalue weighted by atomic mass is 10.1. The molecule has 2 amide bonds. The fourth-order valence-electron chi connectivity index (χ4n) is 1.46. The van der Waals surface area contributed by atoms with Crippen molar-refractivity contribution in [1.29, 1.82) is 0 Å². The summed E-state index contributed by atoms with van der Waals surface area (Å²) in [6, 6.07) is -0.0648. The van der Waals surface area contributed by atoms with Crippen LogP contribution in [0.15, 0.2) is 0 Å². The van der Waals surface area contributed by atoms with E-state index in [1.807, 2.05) is 13.8 Å². The predicted molar refractivity (Wildman–Crippen MR) is 81.2 cm³/mol. The Labute approximate surface area is 122 Å². The highest BCUT2D eigenvalue weighted by molar-refractivity contribution is 5.87. The minimum atomic E-state index is -0.567. The molecule has 1 atom stereocenters. The first kappa shape index (κ1) is 18.9. The number of hydrogen-bond acceptors (Lipinski definition) is 4. The van der Waals surface area contributed by atoms with Crippen LogP contribution in [0, 0.1) is 5.92 Å². The Kier molecular flexibility index (Phi) is 9.16. The van der Waals surface area contributed by atoms with Gasteiger partial charge in [0.25, 0.3) is 0 Å². The normalized spacial score (nSPS) is 12.8. The van der Waals surface area contributed by atoms with Crippen molar-refractivity contribution in [3.05, 3.63) is 0 Å². The molecule has 0 radical (unpaired) electrons. The predicted octanol–water partition coefficient (Wildman–Crippen LogP) is -0.0676. The molecule has 0 spiro atoms. The van der Waals surface area contributed by atoms with E-state index < -0.39 is 6.04 Å². The number of hydrogen-bond donors (Lipinski definition) is 3. The number of nitrogens with two attached hydrogens (primary N) is 1. The van der Waals surface area contributed by atoms with Crippen LogP contribution in [-0.4, -0.2) is 55.5 Å². The highest BCUT2D eigenvalue weighted by atomic mass is 16.2. The van der Waals surface area contributed by atoms with Crippen molar-refractivity contribution >= 4 is 11.8 Å². The van der Waals surface area contributed by atoms with Crippen LogP contribution in [0.5, 0.6) is 0 Å². The molecule has 6 nitrogen and oxygen atoms in total. The van der Waals surface area contributed by atoms with Crippen LogP contribution in [0.25, 0.3) is 0 Å². The number of amides is 2. The topological polar surface area (TPSA) is 87.5 Å². The maximum atomic E-state index is 11.6. The summed E-state index contributed by atoms with van der Waals surface area (Å²) in [6.45, 7) is 9.53. The van der Waals surface area contributed by atoms with Gasteiger partial charge in [0.05, 0.1) is 12.6 Å². The Bertz CT molecular complexity index is 306. The van der Waals surface area contributed by atoms with Crippen LogP contribution in [0.3, 0.4) is 0 Å². The van der Waals surface area contributed by atoms with Gasteiger partial charge in [-0.2, -0.15) is 0 Å². The quantitative estimate of drug-likeness (QED) is 0.518. The van der Waals surface area contributed by atoms with Gasteiger partial charge >= 0.3 is 0 Å². The van der Waals surface area contributed by atoms with E-state index in [0.717, 1.165) is 13.0 Å². The second-order valence-electron chi connectivity index (χ2n) is 5.77. The molecule has 0 aromatic rings. The van der Waals surface area contributed by atoms with E-state index in [2.05, 4.69) is 36.4 Å². The van der Waals surface area contributed by atoms with Gasteiger partial charge in [0.15, 0.2) is 0 Å². The smallest absolute Gasteiger partial charge is 0.239 e. The molecule has 0 unspecified atom stereocenters. The molecule has 0 bridgehead atoms. The molecular formula is C14H30N4O2. The van der Waals surface area contributed by atoms with E-state index in [0.29, 0.717) is 12.6 Å². The van der Waals surface area contributed by atoms with E-state index in [1.54, 1.807) is 0 Å². The Morgan fingerprint density at radius 1 is 1.15 bits per heavy atom. The summed E-state index contributed by atoms with van der Waals surface area (Å²) in [4.78, 5) is 25.3. The molecule has 4 N–H and O–H groups in total. The van der Waals surface area contributed by atoms with Crippen molar-refractivity contribution in [2.75, 3.05) is 26.7 Å². The zero-order chi connectivity index (χ0) is 15.7. The highest BCUT2D eigenvalue weighted by Crippen LogP contribution is 1.97. The van der Waals surface area contributed by atoms with Crippen molar-refractivity contribution in [2.24, 2.45) is 11.7 Å². The Morgan fingerprint density at radius 3 is 2.25 bits per heavy atom. The molecular weight excluding hydrogens is 256 g/mol.